The first kappa shape index (κ1) is 16.2. The van der Waals surface area contributed by atoms with Gasteiger partial charge >= 0.3 is 5.82 Å². The Balaban J connectivity index is 1.93. The number of rotatable bonds is 3. The van der Waals surface area contributed by atoms with E-state index >= 15 is 0 Å². The molecule has 0 radical (unpaired) electrons. The SMILES string of the molecule is Cc1cccc(-c2nn(-c3cccc(C)c3)[n+](-c3cccc(C)c3)n2)c1. The first-order valence-corrected chi connectivity index (χ1v) is 8.71. The Morgan fingerprint density at radius 2 is 1.38 bits per heavy atom. The highest BCUT2D eigenvalue weighted by Crippen LogP contribution is 2.17. The van der Waals surface area contributed by atoms with Gasteiger partial charge in [0, 0.05) is 4.80 Å². The zero-order chi connectivity index (χ0) is 18.1. The molecule has 0 saturated heterocycles. The summed E-state index contributed by atoms with van der Waals surface area (Å²) in [6, 6.07) is 24.8. The standard InChI is InChI=1S/C22H21N4/c1-16-7-4-10-19(13-16)22-23-25(20-11-5-8-17(2)14-20)26(24-22)21-12-6-9-18(3)15-21/h4-15H,1-3H3/q+1. The predicted molar refractivity (Wildman–Crippen MR) is 103 cm³/mol. The number of hydrogen-bond acceptors (Lipinski definition) is 2. The molecule has 0 spiro atoms. The molecule has 4 aromatic rings. The molecule has 0 N–H and O–H groups in total. The van der Waals surface area contributed by atoms with Gasteiger partial charge in [0.1, 0.15) is 5.69 Å². The highest BCUT2D eigenvalue weighted by molar-refractivity contribution is 5.55. The monoisotopic (exact) mass is 341 g/mol. The Hall–Kier alpha value is -3.27. The summed E-state index contributed by atoms with van der Waals surface area (Å²) in [6.45, 7) is 6.24. The van der Waals surface area contributed by atoms with Crippen LogP contribution >= 0.6 is 0 Å². The molecule has 0 bridgehead atoms. The molecular formula is C22H21N4+. The number of aromatic nitrogens is 4. The molecule has 0 saturated carbocycles. The van der Waals surface area contributed by atoms with Gasteiger partial charge in [-0.3, -0.25) is 0 Å². The number of nitrogens with zero attached hydrogens (tertiary/aromatic N) is 4. The summed E-state index contributed by atoms with van der Waals surface area (Å²) in [7, 11) is 0. The van der Waals surface area contributed by atoms with Gasteiger partial charge < -0.3 is 0 Å². The molecule has 0 amide bonds. The molecule has 1 heterocycles. The number of tetrazole rings is 1. The van der Waals surface area contributed by atoms with Gasteiger partial charge in [-0.1, -0.05) is 42.0 Å². The summed E-state index contributed by atoms with van der Waals surface area (Å²) in [4.78, 5) is 3.72. The molecule has 4 heteroatoms. The Labute approximate surface area is 153 Å². The summed E-state index contributed by atoms with van der Waals surface area (Å²) in [6.07, 6.45) is 0. The van der Waals surface area contributed by atoms with Crippen molar-refractivity contribution in [3.8, 4) is 22.8 Å². The highest BCUT2D eigenvalue weighted by atomic mass is 15.7. The van der Waals surface area contributed by atoms with Crippen molar-refractivity contribution in [3.05, 3.63) is 89.5 Å². The third-order valence-electron chi connectivity index (χ3n) is 4.30. The molecule has 26 heavy (non-hydrogen) atoms. The lowest BCUT2D eigenvalue weighted by Crippen LogP contribution is -2.43. The molecule has 128 valence electrons. The quantitative estimate of drug-likeness (QED) is 0.525. The van der Waals surface area contributed by atoms with E-state index in [4.69, 9.17) is 10.2 Å². The van der Waals surface area contributed by atoms with E-state index in [0.717, 1.165) is 16.9 Å². The van der Waals surface area contributed by atoms with E-state index in [1.807, 2.05) is 46.0 Å². The topological polar surface area (TPSA) is 34.6 Å². The first-order chi connectivity index (χ1) is 12.6. The summed E-state index contributed by atoms with van der Waals surface area (Å²) in [5.41, 5.74) is 6.54. The summed E-state index contributed by atoms with van der Waals surface area (Å²) in [5.74, 6) is 0.705. The van der Waals surface area contributed by atoms with Crippen molar-refractivity contribution >= 4 is 0 Å². The Kier molecular flexibility index (Phi) is 4.09. The molecule has 4 nitrogen and oxygen atoms in total. The van der Waals surface area contributed by atoms with Gasteiger partial charge in [-0.2, -0.15) is 0 Å². The van der Waals surface area contributed by atoms with Crippen LogP contribution in [0.3, 0.4) is 0 Å². The molecule has 0 aliphatic rings. The fraction of sp³-hybridized carbons (Fsp3) is 0.136. The molecule has 1 aromatic heterocycles. The van der Waals surface area contributed by atoms with Gasteiger partial charge in [0.2, 0.25) is 0 Å². The van der Waals surface area contributed by atoms with E-state index in [2.05, 4.69) is 57.2 Å². The maximum absolute atomic E-state index is 4.81. The Morgan fingerprint density at radius 1 is 0.731 bits per heavy atom. The van der Waals surface area contributed by atoms with Crippen LogP contribution in [-0.2, 0) is 0 Å². The van der Waals surface area contributed by atoms with Crippen LogP contribution in [0.2, 0.25) is 0 Å². The smallest absolute Gasteiger partial charge is 0.0612 e. The van der Waals surface area contributed by atoms with E-state index in [1.54, 1.807) is 0 Å². The van der Waals surface area contributed by atoms with Gasteiger partial charge in [0.05, 0.1) is 10.7 Å². The maximum atomic E-state index is 4.81. The van der Waals surface area contributed by atoms with Crippen LogP contribution in [0.25, 0.3) is 22.8 Å². The second-order valence-electron chi connectivity index (χ2n) is 6.65. The third kappa shape index (κ3) is 3.14. The normalized spacial score (nSPS) is 10.9. The van der Waals surface area contributed by atoms with E-state index in [0.29, 0.717) is 5.82 Å². The van der Waals surface area contributed by atoms with Crippen LogP contribution in [-0.4, -0.2) is 15.0 Å². The van der Waals surface area contributed by atoms with Crippen molar-refractivity contribution in [2.45, 2.75) is 20.8 Å². The zero-order valence-electron chi connectivity index (χ0n) is 15.2. The van der Waals surface area contributed by atoms with Crippen molar-refractivity contribution in [3.63, 3.8) is 0 Å². The molecule has 4 rings (SSSR count). The average Bonchev–Trinajstić information content (AvgIpc) is 3.07. The Morgan fingerprint density at radius 3 is 2.08 bits per heavy atom. The second kappa shape index (κ2) is 6.56. The largest absolute Gasteiger partial charge is 0.340 e. The minimum Gasteiger partial charge on any atom is -0.0612 e. The van der Waals surface area contributed by atoms with E-state index in [9.17, 15) is 0 Å². The third-order valence-corrected chi connectivity index (χ3v) is 4.30. The van der Waals surface area contributed by atoms with Gasteiger partial charge in [-0.05, 0) is 78.2 Å². The van der Waals surface area contributed by atoms with Gasteiger partial charge in [-0.25, -0.2) is 0 Å². The van der Waals surface area contributed by atoms with Gasteiger partial charge in [0.25, 0.3) is 0 Å². The van der Waals surface area contributed by atoms with Crippen molar-refractivity contribution in [2.24, 2.45) is 0 Å². The second-order valence-corrected chi connectivity index (χ2v) is 6.65. The molecule has 0 aliphatic heterocycles. The van der Waals surface area contributed by atoms with Crippen LogP contribution in [0.15, 0.2) is 72.8 Å². The van der Waals surface area contributed by atoms with E-state index in [-0.39, 0.29) is 0 Å². The van der Waals surface area contributed by atoms with Crippen LogP contribution in [0.1, 0.15) is 16.7 Å². The lowest BCUT2D eigenvalue weighted by Gasteiger charge is -2.01. The molecule has 3 aromatic carbocycles. The van der Waals surface area contributed by atoms with Crippen molar-refractivity contribution in [2.75, 3.05) is 0 Å². The molecule has 0 atom stereocenters. The minimum absolute atomic E-state index is 0.705. The first-order valence-electron chi connectivity index (χ1n) is 8.71. The van der Waals surface area contributed by atoms with Crippen LogP contribution in [0.4, 0.5) is 0 Å². The van der Waals surface area contributed by atoms with Crippen molar-refractivity contribution in [1.29, 1.82) is 0 Å². The molecular weight excluding hydrogens is 320 g/mol. The average molecular weight is 341 g/mol. The fourth-order valence-electron chi connectivity index (χ4n) is 3.02. The van der Waals surface area contributed by atoms with Crippen molar-refractivity contribution < 1.29 is 4.80 Å². The van der Waals surface area contributed by atoms with Gasteiger partial charge in [-0.15, -0.1) is 0 Å². The lowest BCUT2D eigenvalue weighted by atomic mass is 10.1. The predicted octanol–water partition coefficient (Wildman–Crippen LogP) is 4.14. The Bertz CT molecular complexity index is 1020. The van der Waals surface area contributed by atoms with Crippen LogP contribution < -0.4 is 4.80 Å². The van der Waals surface area contributed by atoms with Gasteiger partial charge in [0.15, 0.2) is 5.69 Å². The molecule has 0 unspecified atom stereocenters. The number of aryl methyl sites for hydroxylation is 3. The minimum atomic E-state index is 0.705. The highest BCUT2D eigenvalue weighted by Gasteiger charge is 2.23. The summed E-state index contributed by atoms with van der Waals surface area (Å²) < 4.78 is 0. The maximum Gasteiger partial charge on any atom is 0.340 e. The lowest BCUT2D eigenvalue weighted by molar-refractivity contribution is -0.734. The van der Waals surface area contributed by atoms with Crippen molar-refractivity contribution in [1.82, 2.24) is 15.0 Å². The molecule has 0 fully saturated rings. The summed E-state index contributed by atoms with van der Waals surface area (Å²) in [5, 5.41) is 9.61. The number of hydrogen-bond donors (Lipinski definition) is 0. The number of benzene rings is 3. The van der Waals surface area contributed by atoms with E-state index < -0.39 is 0 Å². The van der Waals surface area contributed by atoms with E-state index in [1.165, 1.54) is 16.7 Å². The van der Waals surface area contributed by atoms with Crippen LogP contribution in [0, 0.1) is 20.8 Å². The van der Waals surface area contributed by atoms with Crippen LogP contribution in [0.5, 0.6) is 0 Å². The zero-order valence-corrected chi connectivity index (χ0v) is 15.2. The summed E-state index contributed by atoms with van der Waals surface area (Å²) >= 11 is 0. The molecule has 0 aliphatic carbocycles. The fourth-order valence-corrected chi connectivity index (χ4v) is 3.02.